The van der Waals surface area contributed by atoms with Gasteiger partial charge in [-0.15, -0.1) is 0 Å². The molecule has 1 heterocycles. The second kappa shape index (κ2) is 7.01. The highest BCUT2D eigenvalue weighted by molar-refractivity contribution is 7.89. The van der Waals surface area contributed by atoms with Gasteiger partial charge in [0.05, 0.1) is 10.8 Å². The number of carboxylic acids is 1. The van der Waals surface area contributed by atoms with Gasteiger partial charge in [-0.1, -0.05) is 49.4 Å². The average Bonchev–Trinajstić information content (AvgIpc) is 3.05. The summed E-state index contributed by atoms with van der Waals surface area (Å²) in [6, 6.07) is 14.5. The Hall–Kier alpha value is -2.51. The standard InChI is InChI=1S/C19H19NO5S/c1-13-11-20(12-16(13)19(22)23)26(24,25)17-10-6-5-9-15(17)18(21)14-7-3-2-4-8-14/h2-10,13,16H,11-12H2,1H3,(H,22,23)/t13-,16-/m1/s1. The molecule has 1 aliphatic rings. The summed E-state index contributed by atoms with van der Waals surface area (Å²) < 4.78 is 27.3. The third-order valence-corrected chi connectivity index (χ3v) is 6.57. The molecule has 2 aromatic carbocycles. The minimum absolute atomic E-state index is 0.0881. The summed E-state index contributed by atoms with van der Waals surface area (Å²) in [6.07, 6.45) is 0. The van der Waals surface area contributed by atoms with Crippen LogP contribution in [0.3, 0.4) is 0 Å². The molecule has 3 rings (SSSR count). The van der Waals surface area contributed by atoms with Crippen LogP contribution >= 0.6 is 0 Å². The molecule has 1 N–H and O–H groups in total. The molecule has 0 bridgehead atoms. The molecular weight excluding hydrogens is 354 g/mol. The number of rotatable bonds is 5. The largest absolute Gasteiger partial charge is 0.481 e. The molecule has 2 atom stereocenters. The molecule has 0 aromatic heterocycles. The van der Waals surface area contributed by atoms with Crippen molar-refractivity contribution < 1.29 is 23.1 Å². The fourth-order valence-electron chi connectivity index (χ4n) is 3.20. The second-order valence-electron chi connectivity index (χ2n) is 6.44. The number of aliphatic carboxylic acids is 1. The van der Waals surface area contributed by atoms with Crippen molar-refractivity contribution in [1.82, 2.24) is 4.31 Å². The summed E-state index contributed by atoms with van der Waals surface area (Å²) >= 11 is 0. The van der Waals surface area contributed by atoms with E-state index in [1.54, 1.807) is 49.4 Å². The van der Waals surface area contributed by atoms with Gasteiger partial charge in [0.25, 0.3) is 0 Å². The van der Waals surface area contributed by atoms with Crippen molar-refractivity contribution in [3.8, 4) is 0 Å². The van der Waals surface area contributed by atoms with Crippen molar-refractivity contribution in [2.75, 3.05) is 13.1 Å². The van der Waals surface area contributed by atoms with Gasteiger partial charge < -0.3 is 5.11 Å². The lowest BCUT2D eigenvalue weighted by atomic mass is 9.99. The van der Waals surface area contributed by atoms with Crippen LogP contribution in [0.2, 0.25) is 0 Å². The number of benzene rings is 2. The van der Waals surface area contributed by atoms with Gasteiger partial charge in [-0.3, -0.25) is 9.59 Å². The highest BCUT2D eigenvalue weighted by atomic mass is 32.2. The van der Waals surface area contributed by atoms with Gasteiger partial charge in [-0.05, 0) is 18.1 Å². The highest BCUT2D eigenvalue weighted by Gasteiger charge is 2.41. The molecule has 7 heteroatoms. The summed E-state index contributed by atoms with van der Waals surface area (Å²) in [5.74, 6) is -2.43. The third-order valence-electron chi connectivity index (χ3n) is 4.68. The lowest BCUT2D eigenvalue weighted by molar-refractivity contribution is -0.142. The van der Waals surface area contributed by atoms with E-state index in [0.717, 1.165) is 4.31 Å². The van der Waals surface area contributed by atoms with Crippen molar-refractivity contribution in [3.63, 3.8) is 0 Å². The Labute approximate surface area is 152 Å². The molecule has 26 heavy (non-hydrogen) atoms. The number of carboxylic acid groups (broad SMARTS) is 1. The smallest absolute Gasteiger partial charge is 0.308 e. The first kappa shape index (κ1) is 18.3. The van der Waals surface area contributed by atoms with Gasteiger partial charge in [0, 0.05) is 24.2 Å². The maximum absolute atomic E-state index is 13.1. The zero-order chi connectivity index (χ0) is 18.9. The number of sulfonamides is 1. The first-order chi connectivity index (χ1) is 12.3. The Bertz CT molecular complexity index is 939. The van der Waals surface area contributed by atoms with Crippen LogP contribution in [0.25, 0.3) is 0 Å². The first-order valence-electron chi connectivity index (χ1n) is 8.24. The molecule has 0 saturated carbocycles. The summed E-state index contributed by atoms with van der Waals surface area (Å²) in [4.78, 5) is 24.0. The number of carbonyl (C=O) groups excluding carboxylic acids is 1. The van der Waals surface area contributed by atoms with Gasteiger partial charge in [-0.25, -0.2) is 8.42 Å². The van der Waals surface area contributed by atoms with E-state index in [1.165, 1.54) is 12.1 Å². The number of nitrogens with zero attached hydrogens (tertiary/aromatic N) is 1. The number of ketones is 1. The van der Waals surface area contributed by atoms with E-state index in [2.05, 4.69) is 0 Å². The lowest BCUT2D eigenvalue weighted by Gasteiger charge is -2.18. The Kier molecular flexibility index (Phi) is 4.93. The van der Waals surface area contributed by atoms with Gasteiger partial charge in [-0.2, -0.15) is 4.31 Å². The highest BCUT2D eigenvalue weighted by Crippen LogP contribution is 2.30. The van der Waals surface area contributed by atoms with Crippen LogP contribution in [0.4, 0.5) is 0 Å². The number of carbonyl (C=O) groups is 2. The van der Waals surface area contributed by atoms with Crippen LogP contribution in [0, 0.1) is 11.8 Å². The van der Waals surface area contributed by atoms with E-state index >= 15 is 0 Å². The van der Waals surface area contributed by atoms with E-state index in [-0.39, 0.29) is 35.2 Å². The molecule has 0 unspecified atom stereocenters. The second-order valence-corrected chi connectivity index (χ2v) is 8.34. The number of hydrogen-bond acceptors (Lipinski definition) is 4. The molecule has 2 aromatic rings. The molecule has 1 fully saturated rings. The van der Waals surface area contributed by atoms with Crippen LogP contribution in [-0.2, 0) is 14.8 Å². The predicted molar refractivity (Wildman–Crippen MR) is 95.4 cm³/mol. The first-order valence-corrected chi connectivity index (χ1v) is 9.68. The fourth-order valence-corrected chi connectivity index (χ4v) is 4.96. The van der Waals surface area contributed by atoms with Gasteiger partial charge in [0.2, 0.25) is 10.0 Å². The van der Waals surface area contributed by atoms with E-state index in [9.17, 15) is 23.1 Å². The summed E-state index contributed by atoms with van der Waals surface area (Å²) in [5.41, 5.74) is 0.485. The summed E-state index contributed by atoms with van der Waals surface area (Å²) in [5, 5.41) is 9.25. The molecule has 136 valence electrons. The molecule has 0 radical (unpaired) electrons. The van der Waals surface area contributed by atoms with Crippen LogP contribution in [0.15, 0.2) is 59.5 Å². The maximum Gasteiger partial charge on any atom is 0.308 e. The summed E-state index contributed by atoms with van der Waals surface area (Å²) in [6.45, 7) is 1.75. The van der Waals surface area contributed by atoms with Crippen LogP contribution in [-0.4, -0.2) is 42.7 Å². The Morgan fingerprint density at radius 1 is 1.00 bits per heavy atom. The molecule has 6 nitrogen and oxygen atoms in total. The minimum atomic E-state index is -3.97. The van der Waals surface area contributed by atoms with Crippen molar-refractivity contribution in [3.05, 3.63) is 65.7 Å². The van der Waals surface area contributed by atoms with Crippen molar-refractivity contribution in [2.24, 2.45) is 11.8 Å². The molecule has 0 spiro atoms. The molecule has 1 aliphatic heterocycles. The van der Waals surface area contributed by atoms with Crippen molar-refractivity contribution >= 4 is 21.8 Å². The van der Waals surface area contributed by atoms with Gasteiger partial charge >= 0.3 is 5.97 Å². The molecule has 1 saturated heterocycles. The van der Waals surface area contributed by atoms with E-state index in [0.29, 0.717) is 5.56 Å². The Morgan fingerprint density at radius 2 is 1.62 bits per heavy atom. The van der Waals surface area contributed by atoms with Gasteiger partial charge in [0.1, 0.15) is 0 Å². The Balaban J connectivity index is 2.00. The topological polar surface area (TPSA) is 91.8 Å². The van der Waals surface area contributed by atoms with Crippen LogP contribution < -0.4 is 0 Å². The van der Waals surface area contributed by atoms with E-state index < -0.39 is 21.9 Å². The molecule has 0 aliphatic carbocycles. The quantitative estimate of drug-likeness (QED) is 0.812. The predicted octanol–water partition coefficient (Wildman–Crippen LogP) is 2.26. The van der Waals surface area contributed by atoms with E-state index in [4.69, 9.17) is 0 Å². The van der Waals surface area contributed by atoms with Crippen LogP contribution in [0.5, 0.6) is 0 Å². The lowest BCUT2D eigenvalue weighted by Crippen LogP contribution is -2.31. The SMILES string of the molecule is C[C@@H]1CN(S(=O)(=O)c2ccccc2C(=O)c2ccccc2)C[C@H]1C(=O)O. The molecule has 0 amide bonds. The zero-order valence-electron chi connectivity index (χ0n) is 14.2. The van der Waals surface area contributed by atoms with Crippen molar-refractivity contribution in [1.29, 1.82) is 0 Å². The monoisotopic (exact) mass is 373 g/mol. The summed E-state index contributed by atoms with van der Waals surface area (Å²) in [7, 11) is -3.97. The third kappa shape index (κ3) is 3.27. The average molecular weight is 373 g/mol. The normalized spacial score (nSPS) is 20.8. The van der Waals surface area contributed by atoms with E-state index in [1.807, 2.05) is 0 Å². The zero-order valence-corrected chi connectivity index (χ0v) is 15.0. The van der Waals surface area contributed by atoms with Gasteiger partial charge in [0.15, 0.2) is 5.78 Å². The maximum atomic E-state index is 13.1. The fraction of sp³-hybridized carbons (Fsp3) is 0.263. The van der Waals surface area contributed by atoms with Crippen LogP contribution in [0.1, 0.15) is 22.8 Å². The van der Waals surface area contributed by atoms with Crippen molar-refractivity contribution in [2.45, 2.75) is 11.8 Å². The molecular formula is C19H19NO5S. The minimum Gasteiger partial charge on any atom is -0.481 e. The Morgan fingerprint density at radius 3 is 2.23 bits per heavy atom. The number of hydrogen-bond donors (Lipinski definition) is 1.